The second-order valence-corrected chi connectivity index (χ2v) is 4.68. The fraction of sp³-hybridized carbons (Fsp3) is 0.0909. The topological polar surface area (TPSA) is 96.2 Å². The molecule has 0 saturated heterocycles. The van der Waals surface area contributed by atoms with E-state index in [4.69, 9.17) is 4.74 Å². The number of benzene rings is 1. The predicted octanol–water partition coefficient (Wildman–Crippen LogP) is 1.79. The third-order valence-corrected chi connectivity index (χ3v) is 3.24. The van der Waals surface area contributed by atoms with E-state index >= 15 is 0 Å². The Morgan fingerprint density at radius 2 is 2.14 bits per heavy atom. The molecule has 0 spiro atoms. The Bertz CT molecular complexity index is 856. The van der Waals surface area contributed by atoms with Crippen molar-refractivity contribution in [1.82, 2.24) is 20.0 Å². The molecule has 0 radical (unpaired) electrons. The summed E-state index contributed by atoms with van der Waals surface area (Å²) in [6, 6.07) is 3.99. The SMILES string of the molecule is COc1nonc1-c1noc(=O)n1-c1ccc(F)c(Br)c1. The molecule has 3 aromatic rings. The van der Waals surface area contributed by atoms with Crippen molar-refractivity contribution in [3.05, 3.63) is 39.0 Å². The van der Waals surface area contributed by atoms with E-state index in [1.807, 2.05) is 0 Å². The summed E-state index contributed by atoms with van der Waals surface area (Å²) in [5, 5.41) is 10.7. The van der Waals surface area contributed by atoms with Gasteiger partial charge in [0, 0.05) is 0 Å². The summed E-state index contributed by atoms with van der Waals surface area (Å²) < 4.78 is 28.7. The number of hydrogen-bond donors (Lipinski definition) is 0. The Kier molecular flexibility index (Phi) is 3.29. The number of aromatic nitrogens is 4. The predicted molar refractivity (Wildman–Crippen MR) is 69.6 cm³/mol. The zero-order valence-corrected chi connectivity index (χ0v) is 12.0. The first-order chi connectivity index (χ1) is 10.1. The van der Waals surface area contributed by atoms with Gasteiger partial charge in [-0.2, -0.15) is 0 Å². The highest BCUT2D eigenvalue weighted by atomic mass is 79.9. The summed E-state index contributed by atoms with van der Waals surface area (Å²) in [5.74, 6) is -1.17. The number of nitrogens with zero attached hydrogens (tertiary/aromatic N) is 4. The molecule has 21 heavy (non-hydrogen) atoms. The van der Waals surface area contributed by atoms with Gasteiger partial charge in [0.15, 0.2) is 0 Å². The van der Waals surface area contributed by atoms with E-state index < -0.39 is 11.6 Å². The van der Waals surface area contributed by atoms with Crippen LogP contribution in [0.3, 0.4) is 0 Å². The lowest BCUT2D eigenvalue weighted by molar-refractivity contribution is 0.281. The van der Waals surface area contributed by atoms with Crippen LogP contribution in [0, 0.1) is 5.82 Å². The standard InChI is InChI=1S/C11H6BrFN4O4/c1-19-10-8(14-21-16-10)9-15-20-11(18)17(9)5-2-3-7(13)6(12)4-5/h2-4H,1H3. The van der Waals surface area contributed by atoms with Crippen molar-refractivity contribution >= 4 is 15.9 Å². The third-order valence-electron chi connectivity index (χ3n) is 2.63. The van der Waals surface area contributed by atoms with Gasteiger partial charge in [0.2, 0.25) is 11.5 Å². The minimum atomic E-state index is -0.770. The molecular weight excluding hydrogens is 351 g/mol. The van der Waals surface area contributed by atoms with Crippen LogP contribution in [0.25, 0.3) is 17.2 Å². The number of methoxy groups -OCH3 is 1. The Morgan fingerprint density at radius 3 is 2.86 bits per heavy atom. The number of halogens is 2. The molecule has 0 unspecified atom stereocenters. The van der Waals surface area contributed by atoms with Crippen molar-refractivity contribution in [2.45, 2.75) is 0 Å². The molecule has 0 aliphatic heterocycles. The van der Waals surface area contributed by atoms with E-state index in [9.17, 15) is 9.18 Å². The lowest BCUT2D eigenvalue weighted by Crippen LogP contribution is -2.13. The van der Waals surface area contributed by atoms with Gasteiger partial charge in [-0.1, -0.05) is 5.16 Å². The minimum Gasteiger partial charge on any atom is -0.477 e. The van der Waals surface area contributed by atoms with Gasteiger partial charge < -0.3 is 4.74 Å². The second-order valence-electron chi connectivity index (χ2n) is 3.83. The molecule has 0 atom stereocenters. The largest absolute Gasteiger partial charge is 0.477 e. The third kappa shape index (κ3) is 2.23. The molecule has 0 saturated carbocycles. The van der Waals surface area contributed by atoms with Gasteiger partial charge in [-0.05, 0) is 44.4 Å². The van der Waals surface area contributed by atoms with Gasteiger partial charge in [-0.3, -0.25) is 4.52 Å². The maximum absolute atomic E-state index is 13.3. The summed E-state index contributed by atoms with van der Waals surface area (Å²) in [6.45, 7) is 0. The molecule has 3 rings (SSSR count). The highest BCUT2D eigenvalue weighted by molar-refractivity contribution is 9.10. The summed E-state index contributed by atoms with van der Waals surface area (Å²) >= 11 is 3.05. The van der Waals surface area contributed by atoms with E-state index in [-0.39, 0.29) is 21.9 Å². The zero-order valence-electron chi connectivity index (χ0n) is 10.4. The average molecular weight is 357 g/mol. The van der Waals surface area contributed by atoms with Crippen LogP contribution in [-0.4, -0.2) is 27.1 Å². The van der Waals surface area contributed by atoms with Crippen LogP contribution < -0.4 is 10.5 Å². The van der Waals surface area contributed by atoms with Gasteiger partial charge in [-0.15, -0.1) is 0 Å². The van der Waals surface area contributed by atoms with Crippen molar-refractivity contribution in [2.24, 2.45) is 0 Å². The van der Waals surface area contributed by atoms with E-state index in [1.54, 1.807) is 0 Å². The molecule has 2 aromatic heterocycles. The molecule has 1 aromatic carbocycles. The van der Waals surface area contributed by atoms with Crippen LogP contribution in [0.4, 0.5) is 4.39 Å². The summed E-state index contributed by atoms with van der Waals surface area (Å²) in [7, 11) is 1.36. The van der Waals surface area contributed by atoms with Crippen molar-refractivity contribution < 1.29 is 18.3 Å². The number of ether oxygens (including phenoxy) is 1. The Balaban J connectivity index is 2.22. The molecule has 10 heteroatoms. The second kappa shape index (κ2) is 5.13. The lowest BCUT2D eigenvalue weighted by atomic mass is 10.3. The van der Waals surface area contributed by atoms with Gasteiger partial charge in [-0.25, -0.2) is 18.4 Å². The average Bonchev–Trinajstić information content (AvgIpc) is 3.07. The van der Waals surface area contributed by atoms with E-state index in [0.29, 0.717) is 5.69 Å². The van der Waals surface area contributed by atoms with E-state index in [1.165, 1.54) is 25.3 Å². The van der Waals surface area contributed by atoms with Crippen molar-refractivity contribution in [1.29, 1.82) is 0 Å². The normalized spacial score (nSPS) is 10.8. The molecule has 0 bridgehead atoms. The van der Waals surface area contributed by atoms with Crippen LogP contribution in [0.1, 0.15) is 0 Å². The Hall–Kier alpha value is -2.49. The molecule has 0 fully saturated rings. The molecule has 0 amide bonds. The first-order valence-corrected chi connectivity index (χ1v) is 6.32. The molecule has 0 N–H and O–H groups in total. The first kappa shape index (κ1) is 13.5. The minimum absolute atomic E-state index is 0.0246. The molecular formula is C11H6BrFN4O4. The first-order valence-electron chi connectivity index (χ1n) is 5.53. The van der Waals surface area contributed by atoms with Gasteiger partial charge in [0.05, 0.1) is 17.3 Å². The highest BCUT2D eigenvalue weighted by Crippen LogP contribution is 2.26. The number of hydrogen-bond acceptors (Lipinski definition) is 7. The van der Waals surface area contributed by atoms with Gasteiger partial charge >= 0.3 is 5.76 Å². The summed E-state index contributed by atoms with van der Waals surface area (Å²) in [6.07, 6.45) is 0. The summed E-state index contributed by atoms with van der Waals surface area (Å²) in [5.41, 5.74) is 0.415. The zero-order chi connectivity index (χ0) is 15.0. The Morgan fingerprint density at radius 1 is 1.33 bits per heavy atom. The van der Waals surface area contributed by atoms with Crippen LogP contribution in [0.5, 0.6) is 5.88 Å². The smallest absolute Gasteiger partial charge is 0.446 e. The van der Waals surface area contributed by atoms with E-state index in [2.05, 4.69) is 40.6 Å². The number of rotatable bonds is 3. The van der Waals surface area contributed by atoms with Crippen molar-refractivity contribution in [3.63, 3.8) is 0 Å². The van der Waals surface area contributed by atoms with E-state index in [0.717, 1.165) is 4.57 Å². The monoisotopic (exact) mass is 356 g/mol. The van der Waals surface area contributed by atoms with Crippen LogP contribution in [-0.2, 0) is 0 Å². The van der Waals surface area contributed by atoms with Crippen LogP contribution >= 0.6 is 15.9 Å². The van der Waals surface area contributed by atoms with Crippen molar-refractivity contribution in [3.8, 4) is 23.1 Å². The molecule has 0 aliphatic rings. The molecule has 0 aliphatic carbocycles. The Labute approximate surface area is 124 Å². The fourth-order valence-electron chi connectivity index (χ4n) is 1.70. The maximum Gasteiger partial charge on any atom is 0.446 e. The molecule has 2 heterocycles. The fourth-order valence-corrected chi connectivity index (χ4v) is 2.07. The summed E-state index contributed by atoms with van der Waals surface area (Å²) in [4.78, 5) is 11.8. The molecule has 108 valence electrons. The van der Waals surface area contributed by atoms with Gasteiger partial charge in [0.25, 0.3) is 5.88 Å². The van der Waals surface area contributed by atoms with Crippen molar-refractivity contribution in [2.75, 3.05) is 7.11 Å². The van der Waals surface area contributed by atoms with Crippen LogP contribution in [0.15, 0.2) is 36.6 Å². The lowest BCUT2D eigenvalue weighted by Gasteiger charge is -2.04. The van der Waals surface area contributed by atoms with Gasteiger partial charge in [0.1, 0.15) is 5.82 Å². The quantitative estimate of drug-likeness (QED) is 0.705. The van der Waals surface area contributed by atoms with Crippen LogP contribution in [0.2, 0.25) is 0 Å². The maximum atomic E-state index is 13.3. The molecule has 8 nitrogen and oxygen atoms in total. The highest BCUT2D eigenvalue weighted by Gasteiger charge is 2.23.